The van der Waals surface area contributed by atoms with Crippen molar-refractivity contribution in [1.82, 2.24) is 4.90 Å². The van der Waals surface area contributed by atoms with Gasteiger partial charge in [-0.2, -0.15) is 0 Å². The minimum Gasteiger partial charge on any atom is -0.466 e. The molecule has 0 aromatic heterocycles. The number of esters is 1. The van der Waals surface area contributed by atoms with Crippen molar-refractivity contribution < 1.29 is 23.8 Å². The van der Waals surface area contributed by atoms with Crippen LogP contribution in [0.1, 0.15) is 68.7 Å². The third kappa shape index (κ3) is 8.35. The van der Waals surface area contributed by atoms with Crippen LogP contribution < -0.4 is 0 Å². The van der Waals surface area contributed by atoms with Crippen molar-refractivity contribution in [1.29, 1.82) is 0 Å². The van der Waals surface area contributed by atoms with E-state index in [1.807, 2.05) is 57.2 Å². The number of likely N-dealkylation sites (tertiary alicyclic amines) is 1. The Morgan fingerprint density at radius 3 is 2.65 bits per heavy atom. The zero-order valence-electron chi connectivity index (χ0n) is 24.0. The van der Waals surface area contributed by atoms with Crippen LogP contribution >= 0.6 is 0 Å². The normalized spacial score (nSPS) is 24.5. The number of alkyl halides is 1. The third-order valence-corrected chi connectivity index (χ3v) is 8.14. The average molecular weight is 550 g/mol. The van der Waals surface area contributed by atoms with Gasteiger partial charge in [-0.15, -0.1) is 0 Å². The molecule has 0 amide bonds. The molecule has 2 aliphatic rings. The van der Waals surface area contributed by atoms with Crippen LogP contribution in [-0.2, 0) is 20.7 Å². The van der Waals surface area contributed by atoms with Gasteiger partial charge in [-0.3, -0.25) is 9.69 Å². The van der Waals surface area contributed by atoms with Crippen LogP contribution in [0, 0.1) is 5.92 Å². The highest BCUT2D eigenvalue weighted by atomic mass is 19.1. The molecule has 1 N–H and O–H groups in total. The minimum absolute atomic E-state index is 0.0863. The Bertz CT molecular complexity index is 1150. The summed E-state index contributed by atoms with van der Waals surface area (Å²) in [5, 5.41) is 11.1. The van der Waals surface area contributed by atoms with E-state index in [0.29, 0.717) is 31.9 Å². The van der Waals surface area contributed by atoms with Crippen molar-refractivity contribution >= 4 is 5.97 Å². The second kappa shape index (κ2) is 14.7. The van der Waals surface area contributed by atoms with Crippen molar-refractivity contribution in [3.63, 3.8) is 0 Å². The number of ether oxygens (including phenoxy) is 2. The van der Waals surface area contributed by atoms with Crippen LogP contribution in [-0.4, -0.2) is 60.6 Å². The van der Waals surface area contributed by atoms with Crippen LogP contribution in [0.3, 0.4) is 0 Å². The lowest BCUT2D eigenvalue weighted by Gasteiger charge is -2.28. The molecule has 216 valence electrons. The number of benzene rings is 2. The fraction of sp³-hybridized carbons (Fsp3) is 0.500. The maximum Gasteiger partial charge on any atom is 0.306 e. The highest BCUT2D eigenvalue weighted by Gasteiger charge is 2.34. The maximum atomic E-state index is 14.4. The molecule has 40 heavy (non-hydrogen) atoms. The van der Waals surface area contributed by atoms with Crippen LogP contribution in [0.5, 0.6) is 0 Å². The molecular formula is C34H44FNO4. The molecule has 1 aliphatic carbocycles. The molecule has 6 atom stereocenters. The largest absolute Gasteiger partial charge is 0.466 e. The summed E-state index contributed by atoms with van der Waals surface area (Å²) >= 11 is 0. The van der Waals surface area contributed by atoms with Gasteiger partial charge in [-0.25, -0.2) is 4.39 Å². The first-order valence-corrected chi connectivity index (χ1v) is 14.7. The summed E-state index contributed by atoms with van der Waals surface area (Å²) in [5.74, 6) is 0.0841. The van der Waals surface area contributed by atoms with Crippen molar-refractivity contribution in [3.05, 3.63) is 95.1 Å². The number of nitrogens with zero attached hydrogens (tertiary/aromatic N) is 1. The predicted molar refractivity (Wildman–Crippen MR) is 157 cm³/mol. The van der Waals surface area contributed by atoms with Gasteiger partial charge < -0.3 is 14.6 Å². The van der Waals surface area contributed by atoms with E-state index < -0.39 is 12.3 Å². The Hall–Kier alpha value is -2.80. The summed E-state index contributed by atoms with van der Waals surface area (Å²) < 4.78 is 25.6. The van der Waals surface area contributed by atoms with Gasteiger partial charge in [0.1, 0.15) is 6.17 Å². The second-order valence-electron chi connectivity index (χ2n) is 11.2. The van der Waals surface area contributed by atoms with Gasteiger partial charge in [-0.05, 0) is 67.4 Å². The summed E-state index contributed by atoms with van der Waals surface area (Å²) in [7, 11) is 0. The molecule has 0 saturated carbocycles. The van der Waals surface area contributed by atoms with E-state index in [1.54, 1.807) is 6.08 Å². The lowest BCUT2D eigenvalue weighted by molar-refractivity contribution is -0.143. The molecule has 2 aromatic rings. The molecule has 4 rings (SSSR count). The van der Waals surface area contributed by atoms with E-state index in [4.69, 9.17) is 9.47 Å². The van der Waals surface area contributed by atoms with Gasteiger partial charge in [0, 0.05) is 31.5 Å². The van der Waals surface area contributed by atoms with Crippen molar-refractivity contribution in [2.24, 2.45) is 5.92 Å². The van der Waals surface area contributed by atoms with Crippen LogP contribution in [0.15, 0.2) is 78.4 Å². The smallest absolute Gasteiger partial charge is 0.306 e. The molecule has 2 unspecified atom stereocenters. The lowest BCUT2D eigenvalue weighted by atomic mass is 9.90. The van der Waals surface area contributed by atoms with E-state index in [9.17, 15) is 14.3 Å². The first-order valence-electron chi connectivity index (χ1n) is 14.7. The number of aliphatic hydroxyl groups excluding tert-OH is 1. The van der Waals surface area contributed by atoms with Crippen molar-refractivity contribution in [2.45, 2.75) is 76.8 Å². The zero-order chi connectivity index (χ0) is 28.5. The van der Waals surface area contributed by atoms with Gasteiger partial charge in [-0.1, -0.05) is 73.7 Å². The molecule has 0 bridgehead atoms. The molecule has 1 heterocycles. The molecule has 6 heteroatoms. The number of carbonyl (C=O) groups excluding carboxylic acids is 1. The molecular weight excluding hydrogens is 505 g/mol. The van der Waals surface area contributed by atoms with Crippen LogP contribution in [0.25, 0.3) is 0 Å². The second-order valence-corrected chi connectivity index (χ2v) is 11.2. The van der Waals surface area contributed by atoms with E-state index in [2.05, 4.69) is 35.2 Å². The predicted octanol–water partition coefficient (Wildman–Crippen LogP) is 6.34. The van der Waals surface area contributed by atoms with Crippen LogP contribution in [0.4, 0.5) is 4.39 Å². The molecule has 1 fully saturated rings. The molecule has 0 radical (unpaired) electrons. The molecule has 0 spiro atoms. The SMILES string of the molecule is CCOC(=O)CCc1ccccc1[C@@H](C)OC[C@H](O)CN1C[C@H](c2ccccc2)C[C@H]1CC1=CC(F)C(C)C=C1. The Balaban J connectivity index is 1.36. The summed E-state index contributed by atoms with van der Waals surface area (Å²) in [4.78, 5) is 14.2. The minimum atomic E-state index is -0.944. The Labute approximate surface area is 238 Å². The number of aliphatic hydroxyl groups is 1. The number of hydrogen-bond acceptors (Lipinski definition) is 5. The highest BCUT2D eigenvalue weighted by Crippen LogP contribution is 2.36. The van der Waals surface area contributed by atoms with E-state index in [0.717, 1.165) is 36.1 Å². The number of hydrogen-bond donors (Lipinski definition) is 1. The average Bonchev–Trinajstić information content (AvgIpc) is 3.35. The Morgan fingerprint density at radius 2 is 1.90 bits per heavy atom. The van der Waals surface area contributed by atoms with Gasteiger partial charge in [0.2, 0.25) is 0 Å². The Morgan fingerprint density at radius 1 is 1.15 bits per heavy atom. The summed E-state index contributed by atoms with van der Waals surface area (Å²) in [6.07, 6.45) is 6.62. The number of rotatable bonds is 13. The van der Waals surface area contributed by atoms with E-state index in [1.165, 1.54) is 5.56 Å². The van der Waals surface area contributed by atoms with Crippen molar-refractivity contribution in [3.8, 4) is 0 Å². The number of carbonyl (C=O) groups is 1. The zero-order valence-corrected chi connectivity index (χ0v) is 24.0. The summed E-state index contributed by atoms with van der Waals surface area (Å²) in [6.45, 7) is 7.63. The molecule has 5 nitrogen and oxygen atoms in total. The number of aryl methyl sites for hydroxylation is 1. The Kier molecular flexibility index (Phi) is 11.1. The maximum absolute atomic E-state index is 14.4. The quantitative estimate of drug-likeness (QED) is 0.296. The number of halogens is 1. The van der Waals surface area contributed by atoms with Gasteiger partial charge >= 0.3 is 5.97 Å². The number of β-amino-alcohol motifs (C(OH)–C–C–N with tert-alkyl or cyclic N) is 1. The fourth-order valence-corrected chi connectivity index (χ4v) is 5.89. The van der Waals surface area contributed by atoms with E-state index in [-0.39, 0.29) is 30.6 Å². The topological polar surface area (TPSA) is 59.0 Å². The third-order valence-electron chi connectivity index (χ3n) is 8.14. The fourth-order valence-electron chi connectivity index (χ4n) is 5.89. The summed E-state index contributed by atoms with van der Waals surface area (Å²) in [5.41, 5.74) is 4.41. The first-order chi connectivity index (χ1) is 19.3. The molecule has 1 aliphatic heterocycles. The van der Waals surface area contributed by atoms with Crippen LogP contribution in [0.2, 0.25) is 0 Å². The highest BCUT2D eigenvalue weighted by molar-refractivity contribution is 5.69. The van der Waals surface area contributed by atoms with Crippen molar-refractivity contribution in [2.75, 3.05) is 26.3 Å². The lowest BCUT2D eigenvalue weighted by Crippen LogP contribution is -2.38. The summed E-state index contributed by atoms with van der Waals surface area (Å²) in [6, 6.07) is 18.7. The van der Waals surface area contributed by atoms with E-state index >= 15 is 0 Å². The standard InChI is InChI=1S/C34H44FNO4/c1-4-39-34(38)17-16-28-12-8-9-13-32(28)25(3)40-23-31(37)22-36-21-29(27-10-6-5-7-11-27)20-30(36)18-26-15-14-24(2)33(35)19-26/h5-15,19,24-25,29-31,33,37H,4,16-18,20-23H2,1-3H3/t24?,25-,29-,30-,31-,33?/m1/s1. The molecule has 1 saturated heterocycles. The van der Waals surface area contributed by atoms with Gasteiger partial charge in [0.25, 0.3) is 0 Å². The number of allylic oxidation sites excluding steroid dienone is 3. The van der Waals surface area contributed by atoms with Gasteiger partial charge in [0.05, 0.1) is 25.4 Å². The monoisotopic (exact) mass is 549 g/mol. The molecule has 2 aromatic carbocycles. The van der Waals surface area contributed by atoms with Gasteiger partial charge in [0.15, 0.2) is 0 Å². The first kappa shape index (κ1) is 30.2.